The van der Waals surface area contributed by atoms with Crippen LogP contribution in [-0.4, -0.2) is 5.91 Å². The smallest absolute Gasteiger partial charge is 0.251 e. The van der Waals surface area contributed by atoms with Crippen LogP contribution < -0.4 is 5.32 Å². The van der Waals surface area contributed by atoms with E-state index < -0.39 is 0 Å². The molecule has 0 saturated carbocycles. The van der Waals surface area contributed by atoms with Gasteiger partial charge < -0.3 is 5.32 Å². The van der Waals surface area contributed by atoms with Gasteiger partial charge in [-0.1, -0.05) is 30.3 Å². The van der Waals surface area contributed by atoms with Crippen LogP contribution in [0, 0.1) is 11.3 Å². The molecular weight excluding hydrogens is 260 g/mol. The lowest BCUT2D eigenvalue weighted by molar-refractivity contribution is 0.0932. The van der Waals surface area contributed by atoms with Crippen molar-refractivity contribution in [2.45, 2.75) is 25.3 Å². The van der Waals surface area contributed by atoms with E-state index in [-0.39, 0.29) is 11.9 Å². The maximum atomic E-state index is 12.4. The van der Waals surface area contributed by atoms with Crippen molar-refractivity contribution < 1.29 is 4.79 Å². The van der Waals surface area contributed by atoms with Gasteiger partial charge in [-0.3, -0.25) is 4.79 Å². The minimum atomic E-state index is -0.117. The van der Waals surface area contributed by atoms with E-state index in [0.29, 0.717) is 11.1 Å². The molecule has 0 bridgehead atoms. The maximum absolute atomic E-state index is 12.4. The van der Waals surface area contributed by atoms with E-state index in [4.69, 9.17) is 5.26 Å². The van der Waals surface area contributed by atoms with Gasteiger partial charge in [-0.05, 0) is 48.6 Å². The van der Waals surface area contributed by atoms with Gasteiger partial charge in [0, 0.05) is 5.56 Å². The zero-order valence-corrected chi connectivity index (χ0v) is 11.7. The first-order valence-electron chi connectivity index (χ1n) is 7.17. The summed E-state index contributed by atoms with van der Waals surface area (Å²) in [7, 11) is 0. The zero-order valence-electron chi connectivity index (χ0n) is 11.7. The fourth-order valence-corrected chi connectivity index (χ4v) is 2.88. The number of fused-ring (bicyclic) bond motifs is 1. The lowest BCUT2D eigenvalue weighted by Gasteiger charge is -2.26. The number of nitrogens with zero attached hydrogens (tertiary/aromatic N) is 1. The van der Waals surface area contributed by atoms with Gasteiger partial charge in [0.25, 0.3) is 5.91 Å². The van der Waals surface area contributed by atoms with Crippen molar-refractivity contribution in [2.24, 2.45) is 0 Å². The fourth-order valence-electron chi connectivity index (χ4n) is 2.88. The standard InChI is InChI=1S/C18H16N2O/c19-12-13-5-3-8-15(11-13)18(21)20-17-10-4-7-14-6-1-2-9-16(14)17/h1-3,5-6,8-9,11,17H,4,7,10H2,(H,20,21)/t17-/m0/s1. The Balaban J connectivity index is 1.81. The Bertz CT molecular complexity index is 715. The number of nitrogens with one attached hydrogen (secondary N) is 1. The first-order valence-corrected chi connectivity index (χ1v) is 7.17. The maximum Gasteiger partial charge on any atom is 0.251 e. The highest BCUT2D eigenvalue weighted by atomic mass is 16.1. The van der Waals surface area contributed by atoms with Crippen molar-refractivity contribution in [1.29, 1.82) is 5.26 Å². The second-order valence-electron chi connectivity index (χ2n) is 5.31. The quantitative estimate of drug-likeness (QED) is 0.914. The van der Waals surface area contributed by atoms with Gasteiger partial charge in [-0.2, -0.15) is 5.26 Å². The van der Waals surface area contributed by atoms with E-state index in [2.05, 4.69) is 23.5 Å². The second kappa shape index (κ2) is 5.80. The van der Waals surface area contributed by atoms with Gasteiger partial charge in [0.15, 0.2) is 0 Å². The molecule has 0 unspecified atom stereocenters. The molecule has 2 aromatic carbocycles. The molecule has 1 aliphatic carbocycles. The Labute approximate surface area is 124 Å². The molecule has 1 amide bonds. The predicted octanol–water partition coefficient (Wildman–Crippen LogP) is 3.37. The van der Waals surface area contributed by atoms with Crippen molar-refractivity contribution in [1.82, 2.24) is 5.32 Å². The molecular formula is C18H16N2O. The average molecular weight is 276 g/mol. The van der Waals surface area contributed by atoms with E-state index in [1.54, 1.807) is 24.3 Å². The van der Waals surface area contributed by atoms with Crippen LogP contribution in [0.25, 0.3) is 0 Å². The summed E-state index contributed by atoms with van der Waals surface area (Å²) in [6.07, 6.45) is 3.12. The number of amides is 1. The van der Waals surface area contributed by atoms with Crippen LogP contribution in [0.15, 0.2) is 48.5 Å². The molecule has 3 nitrogen and oxygen atoms in total. The lowest BCUT2D eigenvalue weighted by Crippen LogP contribution is -2.31. The SMILES string of the molecule is N#Cc1cccc(C(=O)N[C@H]2CCCc3ccccc32)c1. The molecule has 0 radical (unpaired) electrons. The summed E-state index contributed by atoms with van der Waals surface area (Å²) >= 11 is 0. The third-order valence-corrected chi connectivity index (χ3v) is 3.93. The minimum absolute atomic E-state index is 0.0631. The van der Waals surface area contributed by atoms with Gasteiger partial charge in [-0.25, -0.2) is 0 Å². The molecule has 1 aliphatic rings. The first-order chi connectivity index (χ1) is 10.3. The van der Waals surface area contributed by atoms with E-state index in [9.17, 15) is 4.79 Å². The molecule has 1 atom stereocenters. The van der Waals surface area contributed by atoms with Crippen LogP contribution in [0.3, 0.4) is 0 Å². The zero-order chi connectivity index (χ0) is 14.7. The Morgan fingerprint density at radius 1 is 1.19 bits per heavy atom. The average Bonchev–Trinajstić information content (AvgIpc) is 2.55. The van der Waals surface area contributed by atoms with Crippen molar-refractivity contribution in [2.75, 3.05) is 0 Å². The molecule has 0 fully saturated rings. The highest BCUT2D eigenvalue weighted by Crippen LogP contribution is 2.29. The van der Waals surface area contributed by atoms with Gasteiger partial charge in [0.2, 0.25) is 0 Å². The minimum Gasteiger partial charge on any atom is -0.345 e. The lowest BCUT2D eigenvalue weighted by atomic mass is 9.87. The normalized spacial score (nSPS) is 16.6. The summed E-state index contributed by atoms with van der Waals surface area (Å²) in [6.45, 7) is 0. The molecule has 21 heavy (non-hydrogen) atoms. The van der Waals surface area contributed by atoms with E-state index in [1.165, 1.54) is 11.1 Å². The number of carbonyl (C=O) groups excluding carboxylic acids is 1. The third-order valence-electron chi connectivity index (χ3n) is 3.93. The number of nitriles is 1. The number of rotatable bonds is 2. The number of carbonyl (C=O) groups is 1. The molecule has 104 valence electrons. The second-order valence-corrected chi connectivity index (χ2v) is 5.31. The van der Waals surface area contributed by atoms with Gasteiger partial charge in [-0.15, -0.1) is 0 Å². The van der Waals surface area contributed by atoms with Crippen molar-refractivity contribution in [3.05, 3.63) is 70.8 Å². The van der Waals surface area contributed by atoms with Crippen LogP contribution in [0.2, 0.25) is 0 Å². The van der Waals surface area contributed by atoms with Gasteiger partial charge in [0.05, 0.1) is 17.7 Å². The van der Waals surface area contributed by atoms with Crippen LogP contribution >= 0.6 is 0 Å². The first kappa shape index (κ1) is 13.4. The summed E-state index contributed by atoms with van der Waals surface area (Å²) in [5.74, 6) is -0.117. The van der Waals surface area contributed by atoms with Crippen LogP contribution in [0.1, 0.15) is 45.9 Å². The summed E-state index contributed by atoms with van der Waals surface area (Å²) in [4.78, 5) is 12.4. The van der Waals surface area contributed by atoms with Crippen LogP contribution in [-0.2, 0) is 6.42 Å². The van der Waals surface area contributed by atoms with Gasteiger partial charge >= 0.3 is 0 Å². The summed E-state index contributed by atoms with van der Waals surface area (Å²) < 4.78 is 0. The van der Waals surface area contributed by atoms with Crippen LogP contribution in [0.4, 0.5) is 0 Å². The largest absolute Gasteiger partial charge is 0.345 e. The number of hydrogen-bond donors (Lipinski definition) is 1. The van der Waals surface area contributed by atoms with E-state index in [0.717, 1.165) is 19.3 Å². The molecule has 0 saturated heterocycles. The summed E-state index contributed by atoms with van der Waals surface area (Å²) in [5.41, 5.74) is 3.58. The Morgan fingerprint density at radius 3 is 2.90 bits per heavy atom. The molecule has 2 aromatic rings. The molecule has 3 rings (SSSR count). The van der Waals surface area contributed by atoms with E-state index in [1.807, 2.05) is 12.1 Å². The van der Waals surface area contributed by atoms with E-state index >= 15 is 0 Å². The Hall–Kier alpha value is -2.60. The molecule has 0 aliphatic heterocycles. The highest BCUT2D eigenvalue weighted by Gasteiger charge is 2.21. The predicted molar refractivity (Wildman–Crippen MR) is 80.7 cm³/mol. The molecule has 0 heterocycles. The van der Waals surface area contributed by atoms with Crippen molar-refractivity contribution in [3.63, 3.8) is 0 Å². The van der Waals surface area contributed by atoms with Crippen molar-refractivity contribution >= 4 is 5.91 Å². The topological polar surface area (TPSA) is 52.9 Å². The Morgan fingerprint density at radius 2 is 2.05 bits per heavy atom. The number of hydrogen-bond acceptors (Lipinski definition) is 2. The summed E-state index contributed by atoms with van der Waals surface area (Å²) in [5, 5.41) is 12.0. The fraction of sp³-hybridized carbons (Fsp3) is 0.222. The van der Waals surface area contributed by atoms with Crippen molar-refractivity contribution in [3.8, 4) is 6.07 Å². The highest BCUT2D eigenvalue weighted by molar-refractivity contribution is 5.94. The molecule has 1 N–H and O–H groups in total. The number of benzene rings is 2. The van der Waals surface area contributed by atoms with Gasteiger partial charge in [0.1, 0.15) is 0 Å². The monoisotopic (exact) mass is 276 g/mol. The molecule has 0 spiro atoms. The van der Waals surface area contributed by atoms with Crippen LogP contribution in [0.5, 0.6) is 0 Å². The molecule has 3 heteroatoms. The number of aryl methyl sites for hydroxylation is 1. The summed E-state index contributed by atoms with van der Waals surface area (Å²) in [6, 6.07) is 17.2. The third kappa shape index (κ3) is 2.80. The molecule has 0 aromatic heterocycles. The Kier molecular flexibility index (Phi) is 3.70.